The Hall–Kier alpha value is -3.47. The molecule has 1 N–H and O–H groups in total. The fourth-order valence-corrected chi connectivity index (χ4v) is 3.46. The minimum atomic E-state index is -0.201. The summed E-state index contributed by atoms with van der Waals surface area (Å²) in [6.45, 7) is 2.77. The van der Waals surface area contributed by atoms with Crippen LogP contribution < -0.4 is 10.2 Å². The number of benzene rings is 2. The van der Waals surface area contributed by atoms with E-state index in [1.807, 2.05) is 55.5 Å². The Morgan fingerprint density at radius 3 is 2.71 bits per heavy atom. The third kappa shape index (κ3) is 3.64. The number of aryl methyl sites for hydroxylation is 1. The molecule has 0 radical (unpaired) electrons. The molecule has 0 bridgehead atoms. The van der Waals surface area contributed by atoms with Crippen molar-refractivity contribution < 1.29 is 9.59 Å². The number of amides is 2. The van der Waals surface area contributed by atoms with Crippen LogP contribution in [0.2, 0.25) is 0 Å². The zero-order valence-corrected chi connectivity index (χ0v) is 15.7. The summed E-state index contributed by atoms with van der Waals surface area (Å²) in [7, 11) is 0. The summed E-state index contributed by atoms with van der Waals surface area (Å²) in [6.07, 6.45) is 6.55. The highest BCUT2D eigenvalue weighted by atomic mass is 16.2. The Kier molecular flexibility index (Phi) is 4.89. The van der Waals surface area contributed by atoms with Crippen molar-refractivity contribution in [3.05, 3.63) is 71.9 Å². The summed E-state index contributed by atoms with van der Waals surface area (Å²) >= 11 is 0. The number of hydrogen-bond acceptors (Lipinski definition) is 3. The van der Waals surface area contributed by atoms with Gasteiger partial charge in [-0.15, -0.1) is 0 Å². The van der Waals surface area contributed by atoms with Crippen LogP contribution in [0.4, 0.5) is 11.4 Å². The highest BCUT2D eigenvalue weighted by Gasteiger charge is 2.21. The minimum absolute atomic E-state index is 0.169. The molecule has 0 unspecified atom stereocenters. The van der Waals surface area contributed by atoms with Crippen molar-refractivity contribution in [2.45, 2.75) is 19.8 Å². The molecule has 5 nitrogen and oxygen atoms in total. The van der Waals surface area contributed by atoms with E-state index in [1.165, 1.54) is 6.08 Å². The molecule has 0 spiro atoms. The largest absolute Gasteiger partial charge is 0.322 e. The number of pyridine rings is 1. The molecule has 2 aromatic carbocycles. The first-order valence-electron chi connectivity index (χ1n) is 9.36. The van der Waals surface area contributed by atoms with Gasteiger partial charge in [-0.1, -0.05) is 18.2 Å². The number of nitrogens with zero attached hydrogens (tertiary/aromatic N) is 2. The van der Waals surface area contributed by atoms with Gasteiger partial charge in [-0.2, -0.15) is 0 Å². The van der Waals surface area contributed by atoms with Crippen LogP contribution >= 0.6 is 0 Å². The van der Waals surface area contributed by atoms with E-state index in [0.29, 0.717) is 6.42 Å². The highest BCUT2D eigenvalue weighted by molar-refractivity contribution is 6.07. The predicted molar refractivity (Wildman–Crippen MR) is 112 cm³/mol. The van der Waals surface area contributed by atoms with Crippen molar-refractivity contribution >= 4 is 40.2 Å². The van der Waals surface area contributed by atoms with Crippen molar-refractivity contribution in [1.29, 1.82) is 0 Å². The van der Waals surface area contributed by atoms with Crippen LogP contribution in [0.1, 0.15) is 24.0 Å². The van der Waals surface area contributed by atoms with E-state index < -0.39 is 0 Å². The maximum absolute atomic E-state index is 12.4. The average Bonchev–Trinajstić information content (AvgIpc) is 3.15. The number of fused-ring (bicyclic) bond motifs is 1. The number of hydrogen-bond donors (Lipinski definition) is 1. The van der Waals surface area contributed by atoms with Gasteiger partial charge in [0.15, 0.2) is 0 Å². The van der Waals surface area contributed by atoms with Gasteiger partial charge >= 0.3 is 0 Å². The Morgan fingerprint density at radius 1 is 1.14 bits per heavy atom. The van der Waals surface area contributed by atoms with Gasteiger partial charge in [0.2, 0.25) is 11.8 Å². The molecule has 1 aliphatic rings. The lowest BCUT2D eigenvalue weighted by Gasteiger charge is -2.15. The molecule has 28 heavy (non-hydrogen) atoms. The smallest absolute Gasteiger partial charge is 0.248 e. The lowest BCUT2D eigenvalue weighted by molar-refractivity contribution is -0.117. The fourth-order valence-electron chi connectivity index (χ4n) is 3.46. The monoisotopic (exact) mass is 371 g/mol. The molecule has 4 rings (SSSR count). The van der Waals surface area contributed by atoms with Crippen LogP contribution in [0.15, 0.2) is 60.8 Å². The summed E-state index contributed by atoms with van der Waals surface area (Å²) in [4.78, 5) is 30.4. The third-order valence-corrected chi connectivity index (χ3v) is 4.93. The molecule has 2 amide bonds. The normalized spacial score (nSPS) is 14.2. The minimum Gasteiger partial charge on any atom is -0.322 e. The Balaban J connectivity index is 1.46. The Morgan fingerprint density at radius 2 is 1.96 bits per heavy atom. The average molecular weight is 371 g/mol. The van der Waals surface area contributed by atoms with Crippen LogP contribution in [-0.2, 0) is 9.59 Å². The van der Waals surface area contributed by atoms with Crippen molar-refractivity contribution in [3.8, 4) is 0 Å². The van der Waals surface area contributed by atoms with E-state index in [0.717, 1.165) is 46.4 Å². The molecule has 1 saturated heterocycles. The topological polar surface area (TPSA) is 62.3 Å². The van der Waals surface area contributed by atoms with Crippen LogP contribution in [0, 0.1) is 6.92 Å². The maximum Gasteiger partial charge on any atom is 0.248 e. The summed E-state index contributed by atoms with van der Waals surface area (Å²) < 4.78 is 0. The number of aromatic nitrogens is 1. The van der Waals surface area contributed by atoms with Crippen LogP contribution in [-0.4, -0.2) is 23.3 Å². The van der Waals surface area contributed by atoms with E-state index in [1.54, 1.807) is 17.2 Å². The van der Waals surface area contributed by atoms with E-state index in [4.69, 9.17) is 0 Å². The van der Waals surface area contributed by atoms with Crippen molar-refractivity contribution in [2.24, 2.45) is 0 Å². The third-order valence-electron chi connectivity index (χ3n) is 4.93. The van der Waals surface area contributed by atoms with Crippen molar-refractivity contribution in [3.63, 3.8) is 0 Å². The van der Waals surface area contributed by atoms with Gasteiger partial charge in [0.05, 0.1) is 11.2 Å². The molecule has 5 heteroatoms. The molecule has 0 saturated carbocycles. The lowest BCUT2D eigenvalue weighted by atomic mass is 10.1. The van der Waals surface area contributed by atoms with Gasteiger partial charge in [-0.3, -0.25) is 14.6 Å². The predicted octanol–water partition coefficient (Wildman–Crippen LogP) is 4.32. The summed E-state index contributed by atoms with van der Waals surface area (Å²) in [5.41, 5.74) is 4.51. The zero-order valence-electron chi connectivity index (χ0n) is 15.7. The van der Waals surface area contributed by atoms with E-state index >= 15 is 0 Å². The SMILES string of the molecule is Cc1ccc(NC(=O)C=Cc2ccc(N3CCCC3=O)cc2)c2cccnc12. The van der Waals surface area contributed by atoms with Crippen LogP contribution in [0.3, 0.4) is 0 Å². The fraction of sp³-hybridized carbons (Fsp3) is 0.174. The molecule has 0 aliphatic carbocycles. The first-order chi connectivity index (χ1) is 13.6. The second kappa shape index (κ2) is 7.64. The van der Waals surface area contributed by atoms with Gasteiger partial charge in [-0.25, -0.2) is 0 Å². The Labute approximate surface area is 163 Å². The van der Waals surface area contributed by atoms with Gasteiger partial charge < -0.3 is 10.2 Å². The molecule has 3 aromatic rings. The van der Waals surface area contributed by atoms with Crippen molar-refractivity contribution in [1.82, 2.24) is 4.98 Å². The molecular formula is C23H21N3O2. The highest BCUT2D eigenvalue weighted by Crippen LogP contribution is 2.25. The van der Waals surface area contributed by atoms with Crippen molar-refractivity contribution in [2.75, 3.05) is 16.8 Å². The first-order valence-corrected chi connectivity index (χ1v) is 9.36. The zero-order chi connectivity index (χ0) is 19.5. The molecule has 0 atom stereocenters. The molecule has 1 fully saturated rings. The summed E-state index contributed by atoms with van der Waals surface area (Å²) in [5.74, 6) is -0.0321. The molecular weight excluding hydrogens is 350 g/mol. The van der Waals surface area contributed by atoms with Gasteiger partial charge in [0.25, 0.3) is 0 Å². The summed E-state index contributed by atoms with van der Waals surface area (Å²) in [6, 6.07) is 15.3. The number of anilines is 2. The quantitative estimate of drug-likeness (QED) is 0.695. The van der Waals surface area contributed by atoms with Crippen LogP contribution in [0.25, 0.3) is 17.0 Å². The molecule has 2 heterocycles. The summed E-state index contributed by atoms with van der Waals surface area (Å²) in [5, 5.41) is 3.85. The van der Waals surface area contributed by atoms with E-state index in [9.17, 15) is 9.59 Å². The standard InChI is InChI=1S/C23H21N3O2/c1-16-6-12-20(19-4-2-14-24-23(16)19)25-21(27)13-9-17-7-10-18(11-8-17)26-15-3-5-22(26)28/h2,4,6-14H,3,5,15H2,1H3,(H,25,27). The molecule has 1 aliphatic heterocycles. The van der Waals surface area contributed by atoms with E-state index in [-0.39, 0.29) is 11.8 Å². The van der Waals surface area contributed by atoms with Gasteiger partial charge in [0, 0.05) is 36.3 Å². The number of carbonyl (C=O) groups excluding carboxylic acids is 2. The number of nitrogens with one attached hydrogen (secondary N) is 1. The second-order valence-electron chi connectivity index (χ2n) is 6.89. The lowest BCUT2D eigenvalue weighted by Crippen LogP contribution is -2.23. The Bertz CT molecular complexity index is 1070. The van der Waals surface area contributed by atoms with E-state index in [2.05, 4.69) is 10.3 Å². The number of carbonyl (C=O) groups is 2. The van der Waals surface area contributed by atoms with Crippen LogP contribution in [0.5, 0.6) is 0 Å². The first kappa shape index (κ1) is 17.9. The number of rotatable bonds is 4. The molecule has 1 aromatic heterocycles. The maximum atomic E-state index is 12.4. The van der Waals surface area contributed by atoms with Gasteiger partial charge in [-0.05, 0) is 60.9 Å². The molecule has 140 valence electrons. The second-order valence-corrected chi connectivity index (χ2v) is 6.89. The van der Waals surface area contributed by atoms with Gasteiger partial charge in [0.1, 0.15) is 0 Å².